The van der Waals surface area contributed by atoms with E-state index in [4.69, 9.17) is 10.6 Å². The molecule has 1 aromatic carbocycles. The summed E-state index contributed by atoms with van der Waals surface area (Å²) in [6, 6.07) is 7.75. The molecule has 0 atom stereocenters. The van der Waals surface area contributed by atoms with Crippen LogP contribution in [-0.2, 0) is 10.2 Å². The predicted octanol–water partition coefficient (Wildman–Crippen LogP) is 2.36. The highest BCUT2D eigenvalue weighted by Gasteiger charge is 2.39. The van der Waals surface area contributed by atoms with Crippen LogP contribution in [0.2, 0.25) is 0 Å². The van der Waals surface area contributed by atoms with Crippen molar-refractivity contribution in [2.24, 2.45) is 5.84 Å². The lowest BCUT2D eigenvalue weighted by Gasteiger charge is -2.40. The van der Waals surface area contributed by atoms with Gasteiger partial charge in [0, 0.05) is 17.5 Å². The minimum absolute atomic E-state index is 0.256. The molecule has 0 unspecified atom stereocenters. The van der Waals surface area contributed by atoms with Crippen molar-refractivity contribution in [3.8, 4) is 0 Å². The molecule has 6 heteroatoms. The topological polar surface area (TPSA) is 76.4 Å². The molecular weight excluding hydrogens is 297 g/mol. The molecule has 5 nitrogen and oxygen atoms in total. The molecule has 1 aromatic rings. The lowest BCUT2D eigenvalue weighted by atomic mass is 9.68. The van der Waals surface area contributed by atoms with Crippen LogP contribution in [0.1, 0.15) is 44.1 Å². The van der Waals surface area contributed by atoms with E-state index < -0.39 is 6.09 Å². The molecule has 0 spiro atoms. The van der Waals surface area contributed by atoms with Gasteiger partial charge in [0.05, 0.1) is 0 Å². The van der Waals surface area contributed by atoms with Crippen molar-refractivity contribution in [3.05, 3.63) is 35.6 Å². The summed E-state index contributed by atoms with van der Waals surface area (Å²) >= 11 is 0. The van der Waals surface area contributed by atoms with E-state index in [-0.39, 0.29) is 17.8 Å². The molecule has 2 aliphatic rings. The summed E-state index contributed by atoms with van der Waals surface area (Å²) in [7, 11) is 0. The van der Waals surface area contributed by atoms with E-state index in [1.807, 2.05) is 5.43 Å². The van der Waals surface area contributed by atoms with E-state index in [1.54, 1.807) is 12.1 Å². The van der Waals surface area contributed by atoms with Crippen molar-refractivity contribution in [1.29, 1.82) is 0 Å². The lowest BCUT2D eigenvalue weighted by Crippen LogP contribution is -2.44. The second-order valence-electron chi connectivity index (χ2n) is 6.72. The van der Waals surface area contributed by atoms with Gasteiger partial charge in [-0.25, -0.2) is 15.0 Å². The molecule has 2 fully saturated rings. The minimum atomic E-state index is -0.635. The number of nitrogens with one attached hydrogen (secondary N) is 2. The molecule has 23 heavy (non-hydrogen) atoms. The number of benzene rings is 1. The highest BCUT2D eigenvalue weighted by atomic mass is 19.1. The highest BCUT2D eigenvalue weighted by molar-refractivity contribution is 5.66. The molecule has 0 aliphatic heterocycles. The second-order valence-corrected chi connectivity index (χ2v) is 6.72. The summed E-state index contributed by atoms with van der Waals surface area (Å²) in [6.07, 6.45) is 5.79. The van der Waals surface area contributed by atoms with Crippen molar-refractivity contribution in [2.75, 3.05) is 6.61 Å². The molecule has 0 saturated heterocycles. The first-order valence-electron chi connectivity index (χ1n) is 8.27. The molecule has 2 aliphatic carbocycles. The van der Waals surface area contributed by atoms with Crippen LogP contribution in [-0.4, -0.2) is 24.8 Å². The standard InChI is InChI=1S/C17H24FN3O2/c18-13-3-1-12(2-4-13)17(11-23-16(22)21-19)9-7-15(8-10-17)20-14-5-6-14/h1-4,14-15,20H,5-11,19H2,(H,21,22). The quantitative estimate of drug-likeness (QED) is 0.442. The number of halogens is 1. The first-order valence-corrected chi connectivity index (χ1v) is 8.27. The van der Waals surface area contributed by atoms with Crippen LogP contribution < -0.4 is 16.6 Å². The van der Waals surface area contributed by atoms with Gasteiger partial charge in [0.2, 0.25) is 0 Å². The Kier molecular flexibility index (Phi) is 4.82. The van der Waals surface area contributed by atoms with Crippen LogP contribution in [0.4, 0.5) is 9.18 Å². The van der Waals surface area contributed by atoms with Gasteiger partial charge in [-0.3, -0.25) is 5.43 Å². The highest BCUT2D eigenvalue weighted by Crippen LogP contribution is 2.40. The zero-order chi connectivity index (χ0) is 16.3. The molecule has 2 saturated carbocycles. The molecule has 0 radical (unpaired) electrons. The number of carbonyl (C=O) groups excluding carboxylic acids is 1. The summed E-state index contributed by atoms with van der Waals surface area (Å²) < 4.78 is 18.5. The molecule has 1 amide bonds. The summed E-state index contributed by atoms with van der Waals surface area (Å²) in [5.41, 5.74) is 2.75. The Morgan fingerprint density at radius 2 is 1.78 bits per heavy atom. The molecule has 0 heterocycles. The fourth-order valence-corrected chi connectivity index (χ4v) is 3.49. The van der Waals surface area contributed by atoms with Crippen molar-refractivity contribution >= 4 is 6.09 Å². The molecule has 0 aromatic heterocycles. The van der Waals surface area contributed by atoms with Gasteiger partial charge < -0.3 is 10.1 Å². The van der Waals surface area contributed by atoms with E-state index >= 15 is 0 Å². The first-order chi connectivity index (χ1) is 11.1. The number of carbonyl (C=O) groups is 1. The number of hydrazine groups is 1. The molecule has 4 N–H and O–H groups in total. The lowest BCUT2D eigenvalue weighted by molar-refractivity contribution is 0.0928. The van der Waals surface area contributed by atoms with Crippen LogP contribution in [0.5, 0.6) is 0 Å². The Morgan fingerprint density at radius 1 is 1.17 bits per heavy atom. The third-order valence-electron chi connectivity index (χ3n) is 5.05. The van der Waals surface area contributed by atoms with Crippen LogP contribution in [0.15, 0.2) is 24.3 Å². The van der Waals surface area contributed by atoms with Gasteiger partial charge in [-0.1, -0.05) is 12.1 Å². The maximum atomic E-state index is 13.2. The summed E-state index contributed by atoms with van der Waals surface area (Å²) in [4.78, 5) is 11.4. The SMILES string of the molecule is NNC(=O)OCC1(c2ccc(F)cc2)CCC(NC2CC2)CC1. The molecule has 0 bridgehead atoms. The minimum Gasteiger partial charge on any atom is -0.448 e. The monoisotopic (exact) mass is 321 g/mol. The van der Waals surface area contributed by atoms with Gasteiger partial charge in [0.25, 0.3) is 0 Å². The van der Waals surface area contributed by atoms with Gasteiger partial charge in [-0.05, 0) is 56.2 Å². The smallest absolute Gasteiger partial charge is 0.421 e. The Bertz CT molecular complexity index is 537. The van der Waals surface area contributed by atoms with Crippen LogP contribution in [0, 0.1) is 5.82 Å². The fraction of sp³-hybridized carbons (Fsp3) is 0.588. The third-order valence-corrected chi connectivity index (χ3v) is 5.05. The van der Waals surface area contributed by atoms with Crippen LogP contribution in [0.3, 0.4) is 0 Å². The van der Waals surface area contributed by atoms with Crippen LogP contribution in [0.25, 0.3) is 0 Å². The van der Waals surface area contributed by atoms with E-state index in [1.165, 1.54) is 25.0 Å². The van der Waals surface area contributed by atoms with Crippen molar-refractivity contribution in [1.82, 2.24) is 10.7 Å². The predicted molar refractivity (Wildman–Crippen MR) is 85.2 cm³/mol. The Hall–Kier alpha value is -1.66. The molecule has 126 valence electrons. The second kappa shape index (κ2) is 6.84. The summed E-state index contributed by atoms with van der Waals surface area (Å²) in [5.74, 6) is 4.83. The van der Waals surface area contributed by atoms with Crippen molar-refractivity contribution in [2.45, 2.75) is 56.0 Å². The van der Waals surface area contributed by atoms with Crippen molar-refractivity contribution < 1.29 is 13.9 Å². The van der Waals surface area contributed by atoms with Gasteiger partial charge >= 0.3 is 6.09 Å². The average molecular weight is 321 g/mol. The Morgan fingerprint density at radius 3 is 2.35 bits per heavy atom. The maximum Gasteiger partial charge on any atom is 0.421 e. The summed E-state index contributed by atoms with van der Waals surface area (Å²) in [5, 5.41) is 3.67. The number of nitrogens with two attached hydrogens (primary N) is 1. The molecular formula is C17H24FN3O2. The van der Waals surface area contributed by atoms with Crippen LogP contribution >= 0.6 is 0 Å². The Labute approximate surface area is 135 Å². The van der Waals surface area contributed by atoms with Gasteiger partial charge in [0.1, 0.15) is 12.4 Å². The zero-order valence-corrected chi connectivity index (χ0v) is 13.2. The maximum absolute atomic E-state index is 13.2. The zero-order valence-electron chi connectivity index (χ0n) is 13.2. The third kappa shape index (κ3) is 4.00. The van der Waals surface area contributed by atoms with Gasteiger partial charge in [-0.15, -0.1) is 0 Å². The number of amides is 1. The van der Waals surface area contributed by atoms with E-state index in [0.29, 0.717) is 12.1 Å². The normalized spacial score (nSPS) is 27.5. The number of ether oxygens (including phenoxy) is 1. The summed E-state index contributed by atoms with van der Waals surface area (Å²) in [6.45, 7) is 0.262. The van der Waals surface area contributed by atoms with E-state index in [9.17, 15) is 9.18 Å². The average Bonchev–Trinajstić information content (AvgIpc) is 3.39. The van der Waals surface area contributed by atoms with Crippen molar-refractivity contribution in [3.63, 3.8) is 0 Å². The number of hydrogen-bond donors (Lipinski definition) is 3. The number of hydrogen-bond acceptors (Lipinski definition) is 4. The van der Waals surface area contributed by atoms with Gasteiger partial charge in [0.15, 0.2) is 0 Å². The van der Waals surface area contributed by atoms with E-state index in [0.717, 1.165) is 31.2 Å². The first kappa shape index (κ1) is 16.2. The largest absolute Gasteiger partial charge is 0.448 e. The number of rotatable bonds is 5. The molecule has 3 rings (SSSR count). The Balaban J connectivity index is 1.71. The van der Waals surface area contributed by atoms with Gasteiger partial charge in [-0.2, -0.15) is 0 Å². The fourth-order valence-electron chi connectivity index (χ4n) is 3.49. The van der Waals surface area contributed by atoms with E-state index in [2.05, 4.69) is 5.32 Å².